The molecule has 0 spiro atoms. The number of anilines is 1. The smallest absolute Gasteiger partial charge is 0.303 e. The van der Waals surface area contributed by atoms with E-state index < -0.39 is 5.97 Å². The minimum Gasteiger partial charge on any atom is -0.489 e. The summed E-state index contributed by atoms with van der Waals surface area (Å²) in [5.41, 5.74) is 1.28. The second-order valence-electron chi connectivity index (χ2n) is 4.21. The Bertz CT molecular complexity index is 488. The lowest BCUT2D eigenvalue weighted by Gasteiger charge is -2.21. The van der Waals surface area contributed by atoms with E-state index in [1.165, 1.54) is 0 Å². The SMILES string of the molecule is O=C(O)CCCNC(=O)c1cccc2c1OCCN2. The second kappa shape index (κ2) is 6.08. The molecule has 2 rings (SSSR count). The summed E-state index contributed by atoms with van der Waals surface area (Å²) in [6, 6.07) is 5.33. The van der Waals surface area contributed by atoms with E-state index in [-0.39, 0.29) is 12.3 Å². The molecule has 1 aromatic rings. The monoisotopic (exact) mass is 264 g/mol. The minimum absolute atomic E-state index is 0.0469. The molecule has 0 radical (unpaired) electrons. The summed E-state index contributed by atoms with van der Waals surface area (Å²) in [6.45, 7) is 1.58. The Labute approximate surface area is 110 Å². The number of carbonyl (C=O) groups is 2. The first kappa shape index (κ1) is 13.2. The number of fused-ring (bicyclic) bond motifs is 1. The number of para-hydroxylation sites is 1. The van der Waals surface area contributed by atoms with Crippen molar-refractivity contribution >= 4 is 17.6 Å². The lowest BCUT2D eigenvalue weighted by molar-refractivity contribution is -0.137. The summed E-state index contributed by atoms with van der Waals surface area (Å²) < 4.78 is 5.50. The van der Waals surface area contributed by atoms with E-state index in [1.54, 1.807) is 12.1 Å². The maximum atomic E-state index is 12.0. The highest BCUT2D eigenvalue weighted by atomic mass is 16.5. The predicted octanol–water partition coefficient (Wildman–Crippen LogP) is 1.09. The normalized spacial score (nSPS) is 12.8. The van der Waals surface area contributed by atoms with Crippen LogP contribution in [0.25, 0.3) is 0 Å². The van der Waals surface area contributed by atoms with Gasteiger partial charge >= 0.3 is 5.97 Å². The molecule has 0 fully saturated rings. The highest BCUT2D eigenvalue weighted by Crippen LogP contribution is 2.30. The van der Waals surface area contributed by atoms with Gasteiger partial charge in [-0.05, 0) is 18.6 Å². The molecule has 0 aliphatic carbocycles. The molecule has 1 aliphatic heterocycles. The van der Waals surface area contributed by atoms with Gasteiger partial charge in [0, 0.05) is 19.5 Å². The molecule has 0 saturated carbocycles. The third kappa shape index (κ3) is 3.37. The van der Waals surface area contributed by atoms with E-state index >= 15 is 0 Å². The fraction of sp³-hybridized carbons (Fsp3) is 0.385. The fourth-order valence-corrected chi connectivity index (χ4v) is 1.89. The Kier molecular flexibility index (Phi) is 4.22. The summed E-state index contributed by atoms with van der Waals surface area (Å²) >= 11 is 0. The van der Waals surface area contributed by atoms with Crippen LogP contribution in [0.1, 0.15) is 23.2 Å². The molecule has 0 saturated heterocycles. The predicted molar refractivity (Wildman–Crippen MR) is 69.6 cm³/mol. The highest BCUT2D eigenvalue weighted by Gasteiger charge is 2.18. The molecule has 0 aromatic heterocycles. The molecular formula is C13H16N2O4. The van der Waals surface area contributed by atoms with Crippen molar-refractivity contribution in [2.75, 3.05) is 25.0 Å². The average Bonchev–Trinajstić information content (AvgIpc) is 2.42. The Morgan fingerprint density at radius 2 is 2.26 bits per heavy atom. The number of hydrogen-bond acceptors (Lipinski definition) is 4. The zero-order chi connectivity index (χ0) is 13.7. The van der Waals surface area contributed by atoms with Crippen LogP contribution in [-0.4, -0.2) is 36.7 Å². The van der Waals surface area contributed by atoms with Crippen molar-refractivity contribution in [1.82, 2.24) is 5.32 Å². The van der Waals surface area contributed by atoms with E-state index in [0.717, 1.165) is 12.2 Å². The summed E-state index contributed by atoms with van der Waals surface area (Å²) in [6.07, 6.45) is 0.459. The summed E-state index contributed by atoms with van der Waals surface area (Å²) in [4.78, 5) is 22.4. The van der Waals surface area contributed by atoms with Crippen LogP contribution >= 0.6 is 0 Å². The number of ether oxygens (including phenoxy) is 1. The van der Waals surface area contributed by atoms with Crippen molar-refractivity contribution in [1.29, 1.82) is 0 Å². The third-order valence-corrected chi connectivity index (χ3v) is 2.78. The third-order valence-electron chi connectivity index (χ3n) is 2.78. The number of hydrogen-bond donors (Lipinski definition) is 3. The second-order valence-corrected chi connectivity index (χ2v) is 4.21. The van der Waals surface area contributed by atoms with Gasteiger partial charge in [0.05, 0.1) is 11.3 Å². The number of rotatable bonds is 5. The summed E-state index contributed by atoms with van der Waals surface area (Å²) in [5.74, 6) is -0.547. The molecular weight excluding hydrogens is 248 g/mol. The van der Waals surface area contributed by atoms with Gasteiger partial charge in [0.25, 0.3) is 5.91 Å². The first-order valence-electron chi connectivity index (χ1n) is 6.18. The number of carboxylic acid groups (broad SMARTS) is 1. The van der Waals surface area contributed by atoms with Crippen molar-refractivity contribution < 1.29 is 19.4 Å². The zero-order valence-electron chi connectivity index (χ0n) is 10.4. The molecule has 1 aliphatic rings. The van der Waals surface area contributed by atoms with Gasteiger partial charge in [0.15, 0.2) is 5.75 Å². The molecule has 1 aromatic carbocycles. The highest BCUT2D eigenvalue weighted by molar-refractivity contribution is 5.98. The average molecular weight is 264 g/mol. The van der Waals surface area contributed by atoms with Crippen LogP contribution in [-0.2, 0) is 4.79 Å². The number of benzene rings is 1. The molecule has 0 atom stereocenters. The van der Waals surface area contributed by atoms with Crippen LogP contribution in [0.2, 0.25) is 0 Å². The van der Waals surface area contributed by atoms with Crippen LogP contribution in [0.15, 0.2) is 18.2 Å². The molecule has 6 heteroatoms. The van der Waals surface area contributed by atoms with Gasteiger partial charge in [0.1, 0.15) is 6.61 Å². The molecule has 1 heterocycles. The molecule has 1 amide bonds. The topological polar surface area (TPSA) is 87.7 Å². The van der Waals surface area contributed by atoms with Crippen molar-refractivity contribution in [2.24, 2.45) is 0 Å². The molecule has 0 bridgehead atoms. The van der Waals surface area contributed by atoms with Gasteiger partial charge in [0.2, 0.25) is 0 Å². The van der Waals surface area contributed by atoms with Crippen LogP contribution < -0.4 is 15.4 Å². The quantitative estimate of drug-likeness (QED) is 0.693. The number of carboxylic acids is 1. The van der Waals surface area contributed by atoms with Crippen molar-refractivity contribution in [3.8, 4) is 5.75 Å². The molecule has 3 N–H and O–H groups in total. The first-order chi connectivity index (χ1) is 9.18. The van der Waals surface area contributed by atoms with E-state index in [1.807, 2.05) is 6.07 Å². The van der Waals surface area contributed by atoms with Gasteiger partial charge in [-0.15, -0.1) is 0 Å². The largest absolute Gasteiger partial charge is 0.489 e. The van der Waals surface area contributed by atoms with Crippen LogP contribution in [0.3, 0.4) is 0 Å². The van der Waals surface area contributed by atoms with Crippen LogP contribution in [0, 0.1) is 0 Å². The Morgan fingerprint density at radius 3 is 3.05 bits per heavy atom. The lowest BCUT2D eigenvalue weighted by Crippen LogP contribution is -2.27. The van der Waals surface area contributed by atoms with Gasteiger partial charge in [-0.1, -0.05) is 6.07 Å². The summed E-state index contributed by atoms with van der Waals surface area (Å²) in [7, 11) is 0. The minimum atomic E-state index is -0.862. The standard InChI is InChI=1S/C13H16N2O4/c16-11(17)5-2-6-15-13(18)9-3-1-4-10-12(9)19-8-7-14-10/h1,3-4,14H,2,5-8H2,(H,15,18)(H,16,17). The maximum Gasteiger partial charge on any atom is 0.303 e. The fourth-order valence-electron chi connectivity index (χ4n) is 1.89. The van der Waals surface area contributed by atoms with E-state index in [4.69, 9.17) is 9.84 Å². The van der Waals surface area contributed by atoms with Gasteiger partial charge < -0.3 is 20.5 Å². The lowest BCUT2D eigenvalue weighted by atomic mass is 10.1. The number of nitrogens with one attached hydrogen (secondary N) is 2. The van der Waals surface area contributed by atoms with Crippen molar-refractivity contribution in [3.63, 3.8) is 0 Å². The molecule has 6 nitrogen and oxygen atoms in total. The van der Waals surface area contributed by atoms with E-state index in [9.17, 15) is 9.59 Å². The molecule has 102 valence electrons. The van der Waals surface area contributed by atoms with Gasteiger partial charge in [-0.2, -0.15) is 0 Å². The number of carbonyl (C=O) groups excluding carboxylic acids is 1. The van der Waals surface area contributed by atoms with E-state index in [2.05, 4.69) is 10.6 Å². The molecule has 0 unspecified atom stereocenters. The van der Waals surface area contributed by atoms with Crippen molar-refractivity contribution in [3.05, 3.63) is 23.8 Å². The number of aliphatic carboxylic acids is 1. The van der Waals surface area contributed by atoms with Gasteiger partial charge in [-0.3, -0.25) is 9.59 Å². The maximum absolute atomic E-state index is 12.0. The first-order valence-corrected chi connectivity index (χ1v) is 6.18. The molecule has 19 heavy (non-hydrogen) atoms. The summed E-state index contributed by atoms with van der Waals surface area (Å²) in [5, 5.41) is 14.4. The van der Waals surface area contributed by atoms with E-state index in [0.29, 0.717) is 30.9 Å². The van der Waals surface area contributed by atoms with Crippen LogP contribution in [0.5, 0.6) is 5.75 Å². The van der Waals surface area contributed by atoms with Crippen molar-refractivity contribution in [2.45, 2.75) is 12.8 Å². The zero-order valence-corrected chi connectivity index (χ0v) is 10.4. The van der Waals surface area contributed by atoms with Gasteiger partial charge in [-0.25, -0.2) is 0 Å². The Hall–Kier alpha value is -2.24. The Balaban J connectivity index is 1.97. The van der Waals surface area contributed by atoms with Crippen LogP contribution in [0.4, 0.5) is 5.69 Å². The Morgan fingerprint density at radius 1 is 1.42 bits per heavy atom. The number of amides is 1.